The van der Waals surface area contributed by atoms with E-state index in [2.05, 4.69) is 11.6 Å². The lowest BCUT2D eigenvalue weighted by Gasteiger charge is -2.05. The molecule has 1 rings (SSSR count). The molecule has 0 saturated carbocycles. The van der Waals surface area contributed by atoms with Gasteiger partial charge in [0.2, 0.25) is 5.88 Å². The average molecular weight is 179 g/mol. The maximum Gasteiger partial charge on any atom is 0.214 e. The molecule has 0 radical (unpaired) electrons. The summed E-state index contributed by atoms with van der Waals surface area (Å²) in [6.07, 6.45) is 1.66. The van der Waals surface area contributed by atoms with Crippen LogP contribution >= 0.6 is 0 Å². The van der Waals surface area contributed by atoms with Crippen molar-refractivity contribution in [3.05, 3.63) is 36.0 Å². The summed E-state index contributed by atoms with van der Waals surface area (Å²) in [6, 6.07) is 3.54. The highest BCUT2D eigenvalue weighted by Gasteiger charge is 1.99. The smallest absolute Gasteiger partial charge is 0.214 e. The summed E-state index contributed by atoms with van der Waals surface area (Å²) in [5, 5.41) is 8.91. The first kappa shape index (κ1) is 9.74. The fourth-order valence-corrected chi connectivity index (χ4v) is 1.02. The zero-order valence-electron chi connectivity index (χ0n) is 7.66. The van der Waals surface area contributed by atoms with Gasteiger partial charge < -0.3 is 9.84 Å². The normalized spacial score (nSPS) is 9.69. The quantitative estimate of drug-likeness (QED) is 0.711. The number of hydrogen-bond acceptors (Lipinski definition) is 3. The molecule has 1 N–H and O–H groups in total. The van der Waals surface area contributed by atoms with Crippen LogP contribution in [0.5, 0.6) is 5.88 Å². The minimum absolute atomic E-state index is 0.00775. The Morgan fingerprint density at radius 1 is 1.62 bits per heavy atom. The largest absolute Gasteiger partial charge is 0.473 e. The van der Waals surface area contributed by atoms with Crippen molar-refractivity contribution >= 4 is 0 Å². The fourth-order valence-electron chi connectivity index (χ4n) is 1.02. The molecule has 0 aliphatic carbocycles. The van der Waals surface area contributed by atoms with Crippen LogP contribution in [0, 0.1) is 6.92 Å². The van der Waals surface area contributed by atoms with Gasteiger partial charge in [-0.15, -0.1) is 0 Å². The molecule has 1 heterocycles. The van der Waals surface area contributed by atoms with Crippen molar-refractivity contribution in [2.75, 3.05) is 6.61 Å². The van der Waals surface area contributed by atoms with Crippen molar-refractivity contribution in [2.45, 2.75) is 13.5 Å². The van der Waals surface area contributed by atoms with Gasteiger partial charge in [-0.2, -0.15) is 0 Å². The molecule has 0 atom stereocenters. The van der Waals surface area contributed by atoms with Crippen LogP contribution in [0.2, 0.25) is 0 Å². The van der Waals surface area contributed by atoms with Gasteiger partial charge in [0.15, 0.2) is 0 Å². The summed E-state index contributed by atoms with van der Waals surface area (Å²) in [6.45, 7) is 5.84. The van der Waals surface area contributed by atoms with E-state index in [1.807, 2.05) is 13.0 Å². The summed E-state index contributed by atoms with van der Waals surface area (Å²) < 4.78 is 5.24. The van der Waals surface area contributed by atoms with Crippen LogP contribution in [-0.2, 0) is 6.61 Å². The number of aromatic nitrogens is 1. The molecule has 0 bridgehead atoms. The minimum Gasteiger partial charge on any atom is -0.473 e. The van der Waals surface area contributed by atoms with Crippen molar-refractivity contribution < 1.29 is 9.84 Å². The van der Waals surface area contributed by atoms with Crippen molar-refractivity contribution in [1.82, 2.24) is 4.98 Å². The Morgan fingerprint density at radius 3 is 3.00 bits per heavy atom. The Morgan fingerprint density at radius 2 is 2.38 bits per heavy atom. The Labute approximate surface area is 77.7 Å². The average Bonchev–Trinajstić information content (AvgIpc) is 2.14. The zero-order chi connectivity index (χ0) is 9.68. The molecule has 0 unspecified atom stereocenters. The Balaban J connectivity index is 2.81. The second-order valence-corrected chi connectivity index (χ2v) is 2.71. The van der Waals surface area contributed by atoms with Gasteiger partial charge in [-0.05, 0) is 18.6 Å². The van der Waals surface area contributed by atoms with Crippen LogP contribution in [0.1, 0.15) is 11.3 Å². The molecule has 0 spiro atoms. The maximum absolute atomic E-state index is 8.91. The van der Waals surface area contributed by atoms with Crippen molar-refractivity contribution in [2.24, 2.45) is 0 Å². The molecule has 0 amide bonds. The molecule has 0 aromatic carbocycles. The van der Waals surface area contributed by atoms with Gasteiger partial charge in [0.05, 0.1) is 6.61 Å². The number of hydrogen-bond donors (Lipinski definition) is 1. The SMILES string of the molecule is C=CCOc1cc(CO)cc(C)n1. The molecule has 70 valence electrons. The molecule has 13 heavy (non-hydrogen) atoms. The molecular formula is C10H13NO2. The van der Waals surface area contributed by atoms with Crippen LogP contribution in [0.4, 0.5) is 0 Å². The molecule has 0 aliphatic heterocycles. The van der Waals surface area contributed by atoms with E-state index < -0.39 is 0 Å². The predicted molar refractivity (Wildman–Crippen MR) is 50.6 cm³/mol. The van der Waals surface area contributed by atoms with Crippen LogP contribution in [0.3, 0.4) is 0 Å². The van der Waals surface area contributed by atoms with E-state index in [0.717, 1.165) is 11.3 Å². The van der Waals surface area contributed by atoms with Gasteiger partial charge in [0.25, 0.3) is 0 Å². The van der Waals surface area contributed by atoms with E-state index in [1.54, 1.807) is 12.1 Å². The molecule has 3 heteroatoms. The number of pyridine rings is 1. The van der Waals surface area contributed by atoms with Crippen LogP contribution in [0.15, 0.2) is 24.8 Å². The van der Waals surface area contributed by atoms with E-state index in [4.69, 9.17) is 9.84 Å². The van der Waals surface area contributed by atoms with Crippen molar-refractivity contribution in [3.8, 4) is 5.88 Å². The van der Waals surface area contributed by atoms with Gasteiger partial charge in [-0.3, -0.25) is 0 Å². The van der Waals surface area contributed by atoms with E-state index in [0.29, 0.717) is 12.5 Å². The number of aliphatic hydroxyl groups excluding tert-OH is 1. The Kier molecular flexibility index (Phi) is 3.46. The first-order chi connectivity index (χ1) is 6.26. The van der Waals surface area contributed by atoms with Gasteiger partial charge in [0.1, 0.15) is 6.61 Å². The molecule has 3 nitrogen and oxygen atoms in total. The number of nitrogens with zero attached hydrogens (tertiary/aromatic N) is 1. The summed E-state index contributed by atoms with van der Waals surface area (Å²) in [4.78, 5) is 4.14. The third-order valence-corrected chi connectivity index (χ3v) is 1.52. The highest BCUT2D eigenvalue weighted by molar-refractivity contribution is 5.24. The lowest BCUT2D eigenvalue weighted by atomic mass is 10.2. The predicted octanol–water partition coefficient (Wildman–Crippen LogP) is 1.45. The van der Waals surface area contributed by atoms with E-state index in [-0.39, 0.29) is 6.61 Å². The third kappa shape index (κ3) is 2.87. The summed E-state index contributed by atoms with van der Waals surface area (Å²) in [7, 11) is 0. The highest BCUT2D eigenvalue weighted by atomic mass is 16.5. The molecule has 0 aliphatic rings. The first-order valence-electron chi connectivity index (χ1n) is 4.08. The number of rotatable bonds is 4. The molecule has 1 aromatic rings. The lowest BCUT2D eigenvalue weighted by molar-refractivity contribution is 0.279. The van der Waals surface area contributed by atoms with Crippen LogP contribution in [0.25, 0.3) is 0 Å². The summed E-state index contributed by atoms with van der Waals surface area (Å²) in [5.74, 6) is 0.531. The second-order valence-electron chi connectivity index (χ2n) is 2.71. The maximum atomic E-state index is 8.91. The Hall–Kier alpha value is -1.35. The molecule has 0 fully saturated rings. The third-order valence-electron chi connectivity index (χ3n) is 1.52. The van der Waals surface area contributed by atoms with E-state index in [1.165, 1.54) is 0 Å². The van der Waals surface area contributed by atoms with Crippen molar-refractivity contribution in [3.63, 3.8) is 0 Å². The van der Waals surface area contributed by atoms with Gasteiger partial charge in [-0.1, -0.05) is 12.7 Å². The van der Waals surface area contributed by atoms with Gasteiger partial charge >= 0.3 is 0 Å². The molecule has 0 saturated heterocycles. The molecular weight excluding hydrogens is 166 g/mol. The number of aliphatic hydroxyl groups is 1. The standard InChI is InChI=1S/C10H13NO2/c1-3-4-13-10-6-9(7-12)5-8(2)11-10/h3,5-6,12H,1,4,7H2,2H3. The monoisotopic (exact) mass is 179 g/mol. The topological polar surface area (TPSA) is 42.4 Å². The minimum atomic E-state index is 0.00775. The fraction of sp³-hybridized carbons (Fsp3) is 0.300. The van der Waals surface area contributed by atoms with Crippen LogP contribution in [-0.4, -0.2) is 16.7 Å². The first-order valence-corrected chi connectivity index (χ1v) is 4.08. The number of ether oxygens (including phenoxy) is 1. The summed E-state index contributed by atoms with van der Waals surface area (Å²) in [5.41, 5.74) is 1.65. The second kappa shape index (κ2) is 4.62. The lowest BCUT2D eigenvalue weighted by Crippen LogP contribution is -1.98. The van der Waals surface area contributed by atoms with Gasteiger partial charge in [-0.25, -0.2) is 4.98 Å². The van der Waals surface area contributed by atoms with Gasteiger partial charge in [0, 0.05) is 11.8 Å². The zero-order valence-corrected chi connectivity index (χ0v) is 7.66. The van der Waals surface area contributed by atoms with E-state index in [9.17, 15) is 0 Å². The Bertz CT molecular complexity index is 297. The van der Waals surface area contributed by atoms with Crippen molar-refractivity contribution in [1.29, 1.82) is 0 Å². The highest BCUT2D eigenvalue weighted by Crippen LogP contribution is 2.12. The molecule has 1 aromatic heterocycles. The van der Waals surface area contributed by atoms with E-state index >= 15 is 0 Å². The van der Waals surface area contributed by atoms with Crippen LogP contribution < -0.4 is 4.74 Å². The number of aryl methyl sites for hydroxylation is 1. The summed E-state index contributed by atoms with van der Waals surface area (Å²) >= 11 is 0.